The van der Waals surface area contributed by atoms with Crippen LogP contribution in [0.4, 0.5) is 0 Å². The van der Waals surface area contributed by atoms with Crippen LogP contribution in [-0.2, 0) is 9.59 Å². The molecule has 0 radical (unpaired) electrons. The first-order valence-electron chi connectivity index (χ1n) is 4.27. The van der Waals surface area contributed by atoms with Gasteiger partial charge in [-0.2, -0.15) is 0 Å². The lowest BCUT2D eigenvalue weighted by Gasteiger charge is -2.17. The summed E-state index contributed by atoms with van der Waals surface area (Å²) in [7, 11) is 1.55. The van der Waals surface area contributed by atoms with Crippen LogP contribution >= 0.6 is 0 Å². The van der Waals surface area contributed by atoms with Crippen LogP contribution in [0.3, 0.4) is 0 Å². The summed E-state index contributed by atoms with van der Waals surface area (Å²) < 4.78 is 0. The number of carbonyl (C=O) groups excluding carboxylic acids is 2. The SMILES string of the molecule is CC=CC(=O)N(CC)CC(=O)NC. The van der Waals surface area contributed by atoms with Crippen molar-refractivity contribution >= 4 is 11.8 Å². The molecule has 0 saturated carbocycles. The predicted molar refractivity (Wildman–Crippen MR) is 51.1 cm³/mol. The van der Waals surface area contributed by atoms with Gasteiger partial charge in [-0.3, -0.25) is 9.59 Å². The minimum atomic E-state index is -0.153. The minimum Gasteiger partial charge on any atom is -0.358 e. The molecule has 0 heterocycles. The predicted octanol–water partition coefficient (Wildman–Crippen LogP) is 0.157. The third-order valence-electron chi connectivity index (χ3n) is 1.62. The Morgan fingerprint density at radius 2 is 2.08 bits per heavy atom. The zero-order valence-corrected chi connectivity index (χ0v) is 8.33. The lowest BCUT2D eigenvalue weighted by atomic mass is 10.4. The first kappa shape index (κ1) is 11.7. The van der Waals surface area contributed by atoms with Crippen molar-refractivity contribution in [2.24, 2.45) is 0 Å². The van der Waals surface area contributed by atoms with E-state index in [0.29, 0.717) is 6.54 Å². The number of hydrogen-bond acceptors (Lipinski definition) is 2. The Hall–Kier alpha value is -1.32. The third-order valence-corrected chi connectivity index (χ3v) is 1.62. The summed E-state index contributed by atoms with van der Waals surface area (Å²) in [6.07, 6.45) is 3.11. The largest absolute Gasteiger partial charge is 0.358 e. The molecule has 4 nitrogen and oxygen atoms in total. The molecule has 0 aliphatic rings. The quantitative estimate of drug-likeness (QED) is 0.633. The monoisotopic (exact) mass is 184 g/mol. The Balaban J connectivity index is 4.17. The van der Waals surface area contributed by atoms with Crippen LogP contribution in [0.2, 0.25) is 0 Å². The molecule has 0 saturated heterocycles. The minimum absolute atomic E-state index is 0.121. The molecule has 0 atom stereocenters. The molecule has 0 rings (SSSR count). The van der Waals surface area contributed by atoms with Crippen molar-refractivity contribution in [3.8, 4) is 0 Å². The molecule has 0 aliphatic heterocycles. The molecule has 74 valence electrons. The molecule has 13 heavy (non-hydrogen) atoms. The van der Waals surface area contributed by atoms with Crippen molar-refractivity contribution in [2.75, 3.05) is 20.1 Å². The zero-order chi connectivity index (χ0) is 10.3. The number of rotatable bonds is 4. The van der Waals surface area contributed by atoms with Crippen LogP contribution < -0.4 is 5.32 Å². The second-order valence-corrected chi connectivity index (χ2v) is 2.53. The fourth-order valence-corrected chi connectivity index (χ4v) is 0.846. The molecule has 2 amide bonds. The van der Waals surface area contributed by atoms with Gasteiger partial charge in [-0.1, -0.05) is 6.08 Å². The van der Waals surface area contributed by atoms with E-state index in [0.717, 1.165) is 0 Å². The van der Waals surface area contributed by atoms with E-state index in [1.807, 2.05) is 6.92 Å². The lowest BCUT2D eigenvalue weighted by molar-refractivity contribution is -0.132. The second kappa shape index (κ2) is 6.22. The fraction of sp³-hybridized carbons (Fsp3) is 0.556. The average Bonchev–Trinajstić information content (AvgIpc) is 2.14. The number of likely N-dealkylation sites (N-methyl/N-ethyl adjacent to an activating group) is 2. The molecule has 4 heteroatoms. The van der Waals surface area contributed by atoms with Gasteiger partial charge in [0.05, 0.1) is 6.54 Å². The standard InChI is InChI=1S/C9H16N2O2/c1-4-6-9(13)11(5-2)7-8(12)10-3/h4,6H,5,7H2,1-3H3,(H,10,12). The Bertz CT molecular complexity index is 212. The molecule has 0 spiro atoms. The van der Waals surface area contributed by atoms with Crippen LogP contribution in [0.25, 0.3) is 0 Å². The Kier molecular flexibility index (Phi) is 5.59. The first-order valence-corrected chi connectivity index (χ1v) is 4.27. The molecule has 0 fully saturated rings. The normalized spacial score (nSPS) is 10.1. The van der Waals surface area contributed by atoms with E-state index in [2.05, 4.69) is 5.32 Å². The van der Waals surface area contributed by atoms with Crippen LogP contribution in [0, 0.1) is 0 Å². The maximum atomic E-state index is 11.3. The van der Waals surface area contributed by atoms with Gasteiger partial charge in [0.1, 0.15) is 0 Å². The van der Waals surface area contributed by atoms with E-state index in [9.17, 15) is 9.59 Å². The second-order valence-electron chi connectivity index (χ2n) is 2.53. The molecule has 0 aromatic carbocycles. The van der Waals surface area contributed by atoms with Gasteiger partial charge in [-0.25, -0.2) is 0 Å². The number of nitrogens with zero attached hydrogens (tertiary/aromatic N) is 1. The number of carbonyl (C=O) groups is 2. The topological polar surface area (TPSA) is 49.4 Å². The maximum Gasteiger partial charge on any atom is 0.246 e. The van der Waals surface area contributed by atoms with E-state index < -0.39 is 0 Å². The van der Waals surface area contributed by atoms with Crippen molar-refractivity contribution in [1.29, 1.82) is 0 Å². The Morgan fingerprint density at radius 1 is 1.46 bits per heavy atom. The Labute approximate surface area is 78.6 Å². The molecular weight excluding hydrogens is 168 g/mol. The van der Waals surface area contributed by atoms with E-state index >= 15 is 0 Å². The summed E-state index contributed by atoms with van der Waals surface area (Å²) in [5, 5.41) is 2.47. The van der Waals surface area contributed by atoms with Crippen LogP contribution in [0.5, 0.6) is 0 Å². The summed E-state index contributed by atoms with van der Waals surface area (Å²) in [5.41, 5.74) is 0. The Morgan fingerprint density at radius 3 is 2.46 bits per heavy atom. The summed E-state index contributed by atoms with van der Waals surface area (Å²) >= 11 is 0. The van der Waals surface area contributed by atoms with E-state index in [4.69, 9.17) is 0 Å². The van der Waals surface area contributed by atoms with Gasteiger partial charge in [0.15, 0.2) is 0 Å². The van der Waals surface area contributed by atoms with Crippen molar-refractivity contribution in [2.45, 2.75) is 13.8 Å². The zero-order valence-electron chi connectivity index (χ0n) is 8.33. The highest BCUT2D eigenvalue weighted by Gasteiger charge is 2.10. The summed E-state index contributed by atoms with van der Waals surface area (Å²) in [6, 6.07) is 0. The fourth-order valence-electron chi connectivity index (χ4n) is 0.846. The van der Waals surface area contributed by atoms with Crippen molar-refractivity contribution < 1.29 is 9.59 Å². The number of allylic oxidation sites excluding steroid dienone is 1. The molecule has 0 aromatic heterocycles. The van der Waals surface area contributed by atoms with Gasteiger partial charge < -0.3 is 10.2 Å². The molecule has 0 aromatic rings. The summed E-state index contributed by atoms with van der Waals surface area (Å²) in [4.78, 5) is 23.7. The van der Waals surface area contributed by atoms with Crippen LogP contribution in [0.15, 0.2) is 12.2 Å². The van der Waals surface area contributed by atoms with Gasteiger partial charge >= 0.3 is 0 Å². The smallest absolute Gasteiger partial charge is 0.246 e. The maximum absolute atomic E-state index is 11.3. The molecule has 0 aliphatic carbocycles. The van der Waals surface area contributed by atoms with Crippen molar-refractivity contribution in [1.82, 2.24) is 10.2 Å². The number of hydrogen-bond donors (Lipinski definition) is 1. The first-order chi connectivity index (χ1) is 6.15. The van der Waals surface area contributed by atoms with Gasteiger partial charge in [-0.05, 0) is 19.9 Å². The van der Waals surface area contributed by atoms with E-state index in [1.165, 1.54) is 11.0 Å². The lowest BCUT2D eigenvalue weighted by Crippen LogP contribution is -2.38. The molecule has 0 unspecified atom stereocenters. The number of nitrogens with one attached hydrogen (secondary N) is 1. The highest BCUT2D eigenvalue weighted by atomic mass is 16.2. The van der Waals surface area contributed by atoms with Crippen molar-refractivity contribution in [3.05, 3.63) is 12.2 Å². The average molecular weight is 184 g/mol. The highest BCUT2D eigenvalue weighted by Crippen LogP contribution is 1.90. The van der Waals surface area contributed by atoms with Gasteiger partial charge in [0.2, 0.25) is 11.8 Å². The van der Waals surface area contributed by atoms with E-state index in [-0.39, 0.29) is 18.4 Å². The van der Waals surface area contributed by atoms with E-state index in [1.54, 1.807) is 20.0 Å². The van der Waals surface area contributed by atoms with Crippen LogP contribution in [-0.4, -0.2) is 36.9 Å². The summed E-state index contributed by atoms with van der Waals surface area (Å²) in [5.74, 6) is -0.284. The van der Waals surface area contributed by atoms with Gasteiger partial charge in [0.25, 0.3) is 0 Å². The third kappa shape index (κ3) is 4.30. The van der Waals surface area contributed by atoms with Gasteiger partial charge in [-0.15, -0.1) is 0 Å². The van der Waals surface area contributed by atoms with Crippen molar-refractivity contribution in [3.63, 3.8) is 0 Å². The highest BCUT2D eigenvalue weighted by molar-refractivity contribution is 5.91. The summed E-state index contributed by atoms with van der Waals surface area (Å²) in [6.45, 7) is 4.27. The molecule has 1 N–H and O–H groups in total. The van der Waals surface area contributed by atoms with Crippen LogP contribution in [0.1, 0.15) is 13.8 Å². The number of amides is 2. The molecule has 0 bridgehead atoms. The van der Waals surface area contributed by atoms with Gasteiger partial charge in [0, 0.05) is 13.6 Å². The molecular formula is C9H16N2O2.